The Morgan fingerprint density at radius 1 is 0.344 bits per heavy atom. The fourth-order valence-electron chi connectivity index (χ4n) is 12.6. The molecule has 0 spiro atoms. The van der Waals surface area contributed by atoms with E-state index in [1.54, 1.807) is 57.3 Å². The van der Waals surface area contributed by atoms with Crippen LogP contribution in [0.25, 0.3) is 0 Å². The van der Waals surface area contributed by atoms with Crippen LogP contribution in [0, 0.1) is 47.3 Å². The molecular formula is C88H184O16P6S12+2. The number of hydrogen-bond acceptors (Lipinski definition) is 28. The lowest BCUT2D eigenvalue weighted by atomic mass is 10.0. The molecule has 34 heteroatoms. The second-order valence-electron chi connectivity index (χ2n) is 33.5. The van der Waals surface area contributed by atoms with Gasteiger partial charge in [-0.05, 0) is 187 Å². The largest absolute Gasteiger partial charge is 0.469 e. The number of thioether (sulfide) groups is 1. The van der Waals surface area contributed by atoms with Gasteiger partial charge in [0.25, 0.3) is 0 Å². The molecule has 0 aromatic heterocycles. The van der Waals surface area contributed by atoms with Crippen molar-refractivity contribution < 1.29 is 73.3 Å². The molecule has 0 rings (SSSR count). The summed E-state index contributed by atoms with van der Waals surface area (Å²) in [5.74, 6) is 6.34. The van der Waals surface area contributed by atoms with Gasteiger partial charge in [0.1, 0.15) is 18.9 Å². The number of carbonyl (C=O) groups is 1. The average Bonchev–Trinajstić information content (AvgIpc) is 0.856. The molecule has 16 unspecified atom stereocenters. The Hall–Kier alpha value is 5.17. The summed E-state index contributed by atoms with van der Waals surface area (Å²) in [5.41, 5.74) is -12.5. The Morgan fingerprint density at radius 2 is 0.598 bits per heavy atom. The molecule has 0 aromatic rings. The quantitative estimate of drug-likeness (QED) is 0.0265. The number of methoxy groups -OCH3 is 1. The van der Waals surface area contributed by atoms with Crippen molar-refractivity contribution in [3.63, 3.8) is 0 Å². The van der Waals surface area contributed by atoms with Gasteiger partial charge < -0.3 is 50.4 Å². The highest BCUT2D eigenvalue weighted by atomic mass is 33.1. The van der Waals surface area contributed by atoms with E-state index >= 15 is 0 Å². The molecule has 0 aromatic carbocycles. The number of hydrogen-bond donors (Lipinski definition) is 1. The molecule has 0 fully saturated rings. The first-order valence-corrected chi connectivity index (χ1v) is 73.8. The van der Waals surface area contributed by atoms with Crippen LogP contribution in [0.5, 0.6) is 0 Å². The van der Waals surface area contributed by atoms with Crippen molar-refractivity contribution in [3.05, 3.63) is 0 Å². The van der Waals surface area contributed by atoms with Crippen LogP contribution in [0.4, 0.5) is 0 Å². The van der Waals surface area contributed by atoms with E-state index in [-0.39, 0.29) is 24.6 Å². The van der Waals surface area contributed by atoms with Crippen molar-refractivity contribution in [3.8, 4) is 0 Å². The molecule has 16 nitrogen and oxygen atoms in total. The first-order chi connectivity index (χ1) is 58.2. The summed E-state index contributed by atoms with van der Waals surface area (Å²) in [7, 11) is 1.41. The minimum atomic E-state index is -3.25. The normalized spacial score (nSPS) is 19.1. The van der Waals surface area contributed by atoms with Gasteiger partial charge in [-0.3, -0.25) is 4.79 Å². The lowest BCUT2D eigenvalue weighted by Crippen LogP contribution is -2.28. The average molecular weight is 2070 g/mol. The Balaban J connectivity index is 7.92. The second-order valence-corrected chi connectivity index (χ2v) is 72.0. The highest BCUT2D eigenvalue weighted by Gasteiger charge is 2.47. The summed E-state index contributed by atoms with van der Waals surface area (Å²) in [6.45, 7) is 52.9. The predicted molar refractivity (Wildman–Crippen MR) is 571 cm³/mol. The first kappa shape index (κ1) is 127. The van der Waals surface area contributed by atoms with Gasteiger partial charge in [0.15, 0.2) is 0 Å². The number of carbonyl (C=O) groups excluding carboxylic acids is 1. The fourth-order valence-corrected chi connectivity index (χ4v) is 42.4. The van der Waals surface area contributed by atoms with Gasteiger partial charge in [0.05, 0.1) is 132 Å². The topological polar surface area (TPSA) is 156 Å². The van der Waals surface area contributed by atoms with Crippen LogP contribution in [0.1, 0.15) is 364 Å². The van der Waals surface area contributed by atoms with Crippen LogP contribution in [0.15, 0.2) is 0 Å². The molecular weight excluding hydrogens is 1880 g/mol. The third-order valence-electron chi connectivity index (χ3n) is 21.8. The Labute approximate surface area is 807 Å². The Morgan fingerprint density at radius 3 is 0.877 bits per heavy atom. The van der Waals surface area contributed by atoms with Gasteiger partial charge in [-0.15, -0.1) is 0 Å². The smallest absolute Gasteiger partial charge is 0.393 e. The van der Waals surface area contributed by atoms with Gasteiger partial charge in [-0.1, -0.05) is 322 Å². The molecule has 0 saturated carbocycles. The molecule has 0 heterocycles. The third kappa shape index (κ3) is 64.4. The monoisotopic (exact) mass is 2070 g/mol. The first-order valence-electron chi connectivity index (χ1n) is 47.8. The standard InChI is InChI=1S/C88H184O16P6S12/c1-25-41-49-79(33-9)59-91-105(24,92-60-80(34-10)50-42-26-2)118-68-73(17)99-88(100-74(18)69-119-106(111,93-61-81(35-11)51-43-27-3)94-62-82(36-12)52-44-28-4)116-67-75(19)101-109(114,117-58-57-87(89)90-23)102-78(22)72-122-110(115,103-76(20)70-120-107(112,95-63-83(37-13)53-45-29-5)96-64-84(38-14)54-46-30-6)104-77(21)71-121-108(113,97-65-85(39-15)55-47-31-7)98-66-86(40-16)56-48-32-8/h73-86,88,114H,25-72H2,1-24H3/q+2. The van der Waals surface area contributed by atoms with Crippen LogP contribution < -0.4 is 0 Å². The molecule has 122 heavy (non-hydrogen) atoms. The third-order valence-corrected chi connectivity index (χ3v) is 55.4. The van der Waals surface area contributed by atoms with Gasteiger partial charge in [0.2, 0.25) is 28.4 Å². The fraction of sp³-hybridized carbons (Fsp3) is 0.989. The van der Waals surface area contributed by atoms with Crippen molar-refractivity contribution in [1.82, 2.24) is 0 Å². The van der Waals surface area contributed by atoms with Crippen molar-refractivity contribution in [2.24, 2.45) is 47.3 Å². The van der Waals surface area contributed by atoms with Gasteiger partial charge in [0, 0.05) is 34.5 Å². The minimum absolute atomic E-state index is 0.139. The second kappa shape index (κ2) is 78.0. The zero-order valence-electron chi connectivity index (χ0n) is 81.3. The van der Waals surface area contributed by atoms with Crippen LogP contribution in [0.2, 0.25) is 0 Å². The number of esters is 1. The summed E-state index contributed by atoms with van der Waals surface area (Å²) in [4.78, 5) is 12.9. The molecule has 0 radical (unpaired) electrons. The molecule has 0 N–H and O–H groups in total. The number of unbranched alkanes of at least 4 members (excludes halogenated alkanes) is 8. The van der Waals surface area contributed by atoms with Crippen LogP contribution in [-0.4, -0.2) is 155 Å². The predicted octanol–water partition coefficient (Wildman–Crippen LogP) is 34.2. The molecule has 0 aliphatic heterocycles. The van der Waals surface area contributed by atoms with Crippen molar-refractivity contribution >= 4 is 181 Å². The molecule has 0 aliphatic carbocycles. The zero-order chi connectivity index (χ0) is 91.7. The summed E-state index contributed by atoms with van der Waals surface area (Å²) in [6.07, 6.45) is 30.2. The lowest BCUT2D eigenvalue weighted by molar-refractivity contribution is -0.140. The molecule has 0 saturated heterocycles. The van der Waals surface area contributed by atoms with E-state index < -0.39 is 65.9 Å². The summed E-state index contributed by atoms with van der Waals surface area (Å²) in [6, 6.07) is 0. The summed E-state index contributed by atoms with van der Waals surface area (Å²) < 4.78 is 103. The van der Waals surface area contributed by atoms with E-state index in [2.05, 4.69) is 145 Å². The number of rotatable bonds is 90. The maximum absolute atomic E-state index is 12.9. The van der Waals surface area contributed by atoms with Crippen molar-refractivity contribution in [1.29, 1.82) is 0 Å². The summed E-state index contributed by atoms with van der Waals surface area (Å²) >= 11 is 42.6. The van der Waals surface area contributed by atoms with Gasteiger partial charge in [-0.2, -0.15) is 18.1 Å². The maximum atomic E-state index is 12.9. The van der Waals surface area contributed by atoms with Gasteiger partial charge >= 0.3 is 19.0 Å². The maximum Gasteiger partial charge on any atom is 0.393 e. The van der Waals surface area contributed by atoms with Crippen LogP contribution in [-0.2, 0) is 121 Å². The lowest BCUT2D eigenvalue weighted by Gasteiger charge is -2.31. The van der Waals surface area contributed by atoms with E-state index in [0.717, 1.165) is 193 Å². The zero-order valence-corrected chi connectivity index (χ0v) is 96.5. The Kier molecular flexibility index (Phi) is 81.3. The summed E-state index contributed by atoms with van der Waals surface area (Å²) in [5, 5.41) is 0. The van der Waals surface area contributed by atoms with E-state index in [1.807, 2.05) is 13.8 Å². The van der Waals surface area contributed by atoms with Crippen molar-refractivity contribution in [2.75, 3.05) is 107 Å². The highest BCUT2D eigenvalue weighted by Crippen LogP contribution is 2.78. The molecule has 0 amide bonds. The molecule has 0 bridgehead atoms. The number of thiol groups is 1. The number of ether oxygens (including phenoxy) is 3. The highest BCUT2D eigenvalue weighted by molar-refractivity contribution is 8.87. The van der Waals surface area contributed by atoms with Crippen molar-refractivity contribution in [2.45, 2.75) is 406 Å². The van der Waals surface area contributed by atoms with Gasteiger partial charge in [-0.25, -0.2) is 0 Å². The van der Waals surface area contributed by atoms with Crippen LogP contribution >= 0.6 is 128 Å². The van der Waals surface area contributed by atoms with E-state index in [1.165, 1.54) is 42.7 Å². The Bertz CT molecular complexity index is 2530. The molecule has 16 atom stereocenters. The molecule has 732 valence electrons. The minimum Gasteiger partial charge on any atom is -0.469 e. The van der Waals surface area contributed by atoms with E-state index in [4.69, 9.17) is 128 Å². The van der Waals surface area contributed by atoms with Crippen LogP contribution in [0.3, 0.4) is 0 Å². The molecule has 0 aliphatic rings. The SMILES string of the molecule is CCCCC(CC)COP(=S)(OCC(CC)CCCC)SCC(C)OC(OC(C)CS[P+](C)(OCC(CC)CCCC)OCC(CC)CCCC)SCC(C)O[P+](S)(OC(C)CSP(=S)(OC(C)CSP(=S)(OCC(CC)CCCC)OCC(CC)CCCC)OC(C)CSP(=S)(OCC(CC)CCCC)OCC(CC)CCCC)SCCC(=O)OC. The van der Waals surface area contributed by atoms with E-state index in [0.29, 0.717) is 140 Å². The van der Waals surface area contributed by atoms with E-state index in [9.17, 15) is 4.79 Å².